The lowest BCUT2D eigenvalue weighted by molar-refractivity contribution is -0.148. The summed E-state index contributed by atoms with van der Waals surface area (Å²) in [6, 6.07) is 12.3. The van der Waals surface area contributed by atoms with Crippen LogP contribution >= 0.6 is 23.5 Å². The molecule has 3 fully saturated rings. The second-order valence-electron chi connectivity index (χ2n) is 23.9. The van der Waals surface area contributed by atoms with Crippen LogP contribution in [-0.4, -0.2) is 178 Å². The molecule has 5 N–H and O–H groups in total. The Morgan fingerprint density at radius 2 is 1.27 bits per heavy atom. The second kappa shape index (κ2) is 29.8. The molecule has 2 bridgehead atoms. The summed E-state index contributed by atoms with van der Waals surface area (Å²) >= 11 is 3.26. The van der Waals surface area contributed by atoms with Crippen LogP contribution in [0.4, 0.5) is 8.78 Å². The first kappa shape index (κ1) is 65.0. The van der Waals surface area contributed by atoms with Crippen LogP contribution in [0.25, 0.3) is 5.57 Å². The van der Waals surface area contributed by atoms with Gasteiger partial charge < -0.3 is 46.2 Å². The fourth-order valence-corrected chi connectivity index (χ4v) is 14.5. The van der Waals surface area contributed by atoms with Gasteiger partial charge in [-0.1, -0.05) is 54.6 Å². The van der Waals surface area contributed by atoms with Crippen molar-refractivity contribution in [1.29, 1.82) is 0 Å². The molecule has 3 saturated heterocycles. The zero-order valence-electron chi connectivity index (χ0n) is 50.9. The number of carbonyl (C=O) groups is 9. The lowest BCUT2D eigenvalue weighted by atomic mass is 9.92. The summed E-state index contributed by atoms with van der Waals surface area (Å²) in [5.74, 6) is -3.63. The van der Waals surface area contributed by atoms with Gasteiger partial charge in [0.25, 0.3) is 0 Å². The van der Waals surface area contributed by atoms with Crippen molar-refractivity contribution in [3.8, 4) is 0 Å². The van der Waals surface area contributed by atoms with Crippen molar-refractivity contribution in [1.82, 2.24) is 46.2 Å². The first-order valence-electron chi connectivity index (χ1n) is 31.0. The van der Waals surface area contributed by atoms with Gasteiger partial charge in [-0.05, 0) is 111 Å². The summed E-state index contributed by atoms with van der Waals surface area (Å²) in [6.07, 6.45) is 6.70. The zero-order chi connectivity index (χ0) is 63.6. The second-order valence-corrected chi connectivity index (χ2v) is 26.1. The number of aliphatic imine (C=N–C) groups is 1. The molecule has 10 rings (SSSR count). The van der Waals surface area contributed by atoms with Crippen molar-refractivity contribution in [3.63, 3.8) is 0 Å². The molecule has 90 heavy (non-hydrogen) atoms. The molecule has 7 aliphatic rings. The molecule has 0 spiro atoms. The van der Waals surface area contributed by atoms with Crippen LogP contribution in [0.5, 0.6) is 0 Å². The smallest absolute Gasteiger partial charge is 0.246 e. The van der Waals surface area contributed by atoms with Crippen molar-refractivity contribution in [2.24, 2.45) is 9.98 Å². The van der Waals surface area contributed by atoms with Gasteiger partial charge in [0.15, 0.2) is 0 Å². The van der Waals surface area contributed by atoms with E-state index in [0.29, 0.717) is 108 Å². The minimum absolute atomic E-state index is 0.0592. The highest BCUT2D eigenvalue weighted by atomic mass is 32.2. The lowest BCUT2D eigenvalue weighted by Crippen LogP contribution is -2.60. The molecule has 20 nitrogen and oxygen atoms in total. The fraction of sp³-hybridized carbons (Fsp3) is 0.470. The quantitative estimate of drug-likeness (QED) is 0.239. The van der Waals surface area contributed by atoms with E-state index in [1.165, 1.54) is 67.2 Å². The van der Waals surface area contributed by atoms with E-state index in [1.807, 2.05) is 48.5 Å². The minimum Gasteiger partial charge on any atom is -0.353 e. The molecule has 1 aliphatic carbocycles. The number of allylic oxidation sites excluding steroid dienone is 4. The van der Waals surface area contributed by atoms with Gasteiger partial charge >= 0.3 is 0 Å². The van der Waals surface area contributed by atoms with E-state index in [2.05, 4.69) is 42.6 Å². The Morgan fingerprint density at radius 3 is 1.99 bits per heavy atom. The molecule has 476 valence electrons. The molecule has 3 aromatic carbocycles. The lowest BCUT2D eigenvalue weighted by Gasteiger charge is -2.35. The minimum atomic E-state index is -1.47. The van der Waals surface area contributed by atoms with Crippen LogP contribution in [0.3, 0.4) is 0 Å². The fourth-order valence-electron chi connectivity index (χ4n) is 12.8. The third-order valence-corrected chi connectivity index (χ3v) is 19.7. The topological polar surface area (TPSA) is 251 Å². The molecule has 24 heteroatoms. The van der Waals surface area contributed by atoms with Gasteiger partial charge in [0.05, 0.1) is 17.6 Å². The van der Waals surface area contributed by atoms with Gasteiger partial charge in [-0.15, -0.1) is 0 Å². The number of nitrogens with zero attached hydrogens (tertiary/aromatic N) is 6. The summed E-state index contributed by atoms with van der Waals surface area (Å²) in [6.45, 7) is 4.10. The van der Waals surface area contributed by atoms with Gasteiger partial charge in [-0.2, -0.15) is 23.5 Å². The number of carbonyl (C=O) groups excluding carboxylic acids is 9. The number of nitrogens with one attached hydrogen (secondary N) is 5. The zero-order valence-corrected chi connectivity index (χ0v) is 52.5. The summed E-state index contributed by atoms with van der Waals surface area (Å²) in [5.41, 5.74) is 4.85. The first-order valence-corrected chi connectivity index (χ1v) is 33.3. The van der Waals surface area contributed by atoms with Gasteiger partial charge in [-0.3, -0.25) is 53.1 Å². The van der Waals surface area contributed by atoms with Crippen LogP contribution < -0.4 is 37.2 Å². The van der Waals surface area contributed by atoms with Gasteiger partial charge in [0, 0.05) is 105 Å². The molecular weight excluding hydrogens is 1190 g/mol. The molecule has 0 aromatic heterocycles. The maximum Gasteiger partial charge on any atom is 0.246 e. The molecule has 6 aliphatic heterocycles. The van der Waals surface area contributed by atoms with E-state index in [4.69, 9.17) is 0 Å². The van der Waals surface area contributed by atoms with Crippen LogP contribution in [0.2, 0.25) is 0 Å². The van der Waals surface area contributed by atoms with Crippen LogP contribution in [0.15, 0.2) is 118 Å². The van der Waals surface area contributed by atoms with Crippen molar-refractivity contribution in [3.05, 3.63) is 141 Å². The Labute approximate surface area is 530 Å². The van der Waals surface area contributed by atoms with Crippen molar-refractivity contribution < 1.29 is 51.9 Å². The van der Waals surface area contributed by atoms with Gasteiger partial charge in [0.1, 0.15) is 60.0 Å². The SMILES string of the molecule is C[C@@H]1NC(=O)[C@@H]2CCCN2C(=O)[C@H](CC2=c3cc(F)ccc3=NC2)NC(=O)[C@H](CC2=CN=C3CC=C(F)C=C23)NC(=O)[C@@H](C)NC(=O)[C@@H]2CCCN2C(=O)CCSCc2cccc(c2)CSCCNC(=O)[C@@H]2CCCN2C(=O)[C@H](Cc2ccccc2)N(C)C1=O. The Morgan fingerprint density at radius 1 is 0.622 bits per heavy atom. The van der Waals surface area contributed by atoms with Crippen LogP contribution in [-0.2, 0) is 61.1 Å². The molecule has 0 radical (unpaired) electrons. The standard InChI is InChI=1S/C66H77F2N11O9S2/c1-39-59(81)74-52(31-44-35-70-50-20-18-46(67)33-48(44)50)60(82)75-53(32-45-36-71-51-21-19-47(68)34-49(45)51)65(87)78-25-10-17-56(78)63(85)73-40(2)64(86)76(3)57(30-41-11-5-4-6-12-41)66(88)79-26-9-15-54(79)61(83)69-23-28-90-38-43-14-7-13-42(29-43)37-89-27-22-58(80)77-24-8-16-55(77)62(84)72-39/h4-7,11-14,18-19,21,29,33-35,39-40,52-57H,8-10,15-17,20,22-28,30-32,36-38H2,1-3H3,(H,69,83)(H,72,84)(H,73,85)(H,74,81)(H,75,82)/t39-,40+,52+,53+,54+,55+,56+,57+/m1/s1. The number of amides is 9. The van der Waals surface area contributed by atoms with E-state index in [-0.39, 0.29) is 63.4 Å². The van der Waals surface area contributed by atoms with E-state index in [9.17, 15) is 42.3 Å². The maximum atomic E-state index is 15.3. The number of halogens is 2. The largest absolute Gasteiger partial charge is 0.353 e. The van der Waals surface area contributed by atoms with Crippen molar-refractivity contribution in [2.75, 3.05) is 51.3 Å². The Bertz CT molecular complexity index is 3570. The van der Waals surface area contributed by atoms with Gasteiger partial charge in [-0.25, -0.2) is 8.78 Å². The van der Waals surface area contributed by atoms with Gasteiger partial charge in [0.2, 0.25) is 53.2 Å². The number of rotatable bonds is 6. The number of thioether (sulfide) groups is 2. The molecule has 0 saturated carbocycles. The average molecular weight is 1270 g/mol. The summed E-state index contributed by atoms with van der Waals surface area (Å²) in [4.78, 5) is 145. The number of benzene rings is 3. The molecule has 6 heterocycles. The van der Waals surface area contributed by atoms with Crippen LogP contribution in [0, 0.1) is 5.82 Å². The van der Waals surface area contributed by atoms with E-state index >= 15 is 9.59 Å². The number of fused-ring (bicyclic) bond motifs is 7. The highest BCUT2D eigenvalue weighted by molar-refractivity contribution is 7.98. The highest BCUT2D eigenvalue weighted by Gasteiger charge is 2.44. The molecule has 0 unspecified atom stereocenters. The van der Waals surface area contributed by atoms with E-state index in [1.54, 1.807) is 33.3 Å². The Kier molecular flexibility index (Phi) is 21.5. The maximum absolute atomic E-state index is 15.3. The summed E-state index contributed by atoms with van der Waals surface area (Å²) in [7, 11) is 1.50. The predicted molar refractivity (Wildman–Crippen MR) is 338 cm³/mol. The average Bonchev–Trinajstić information content (AvgIpc) is 1.70. The number of hydrogen-bond acceptors (Lipinski definition) is 13. The Balaban J connectivity index is 0.929. The predicted octanol–water partition coefficient (Wildman–Crippen LogP) is 3.62. The molecule has 8 atom stereocenters. The van der Waals surface area contributed by atoms with E-state index in [0.717, 1.165) is 16.7 Å². The Hall–Kier alpha value is -7.99. The summed E-state index contributed by atoms with van der Waals surface area (Å²) in [5, 5.41) is 15.1. The first-order chi connectivity index (χ1) is 43.4. The monoisotopic (exact) mass is 1270 g/mol. The summed E-state index contributed by atoms with van der Waals surface area (Å²) < 4.78 is 29.8. The molecular formula is C66H77F2N11O9S2. The van der Waals surface area contributed by atoms with E-state index < -0.39 is 101 Å². The molecule has 3 aromatic rings. The highest BCUT2D eigenvalue weighted by Crippen LogP contribution is 2.31. The van der Waals surface area contributed by atoms with Crippen molar-refractivity contribution in [2.45, 2.75) is 144 Å². The third kappa shape index (κ3) is 15.6. The van der Waals surface area contributed by atoms with Crippen molar-refractivity contribution >= 4 is 88.0 Å². The number of hydrogen-bond donors (Lipinski definition) is 5. The third-order valence-electron chi connectivity index (χ3n) is 17.6. The van der Waals surface area contributed by atoms with Crippen LogP contribution in [0.1, 0.15) is 94.7 Å². The normalized spacial score (nSPS) is 26.7. The number of likely N-dealkylation sites (N-methyl/N-ethyl adjacent to an activating group) is 1. The molecule has 9 amide bonds.